The van der Waals surface area contributed by atoms with Crippen LogP contribution >= 0.6 is 23.5 Å². The summed E-state index contributed by atoms with van der Waals surface area (Å²) in [5, 5.41) is 2.92. The maximum Gasteiger partial charge on any atom is 0.217 e. The molecule has 1 amide bonds. The Morgan fingerprint density at radius 1 is 1.45 bits per heavy atom. The fourth-order valence-electron chi connectivity index (χ4n) is 0.970. The Hall–Kier alpha value is 0.170. The number of thioether (sulfide) groups is 2. The van der Waals surface area contributed by atoms with E-state index in [-0.39, 0.29) is 5.91 Å². The smallest absolute Gasteiger partial charge is 0.217 e. The van der Waals surface area contributed by atoms with E-state index in [1.54, 1.807) is 6.92 Å². The molecule has 0 aromatic heterocycles. The van der Waals surface area contributed by atoms with Crippen LogP contribution in [-0.4, -0.2) is 28.0 Å². The molecule has 0 aromatic rings. The number of hydrogen-bond acceptors (Lipinski definition) is 3. The van der Waals surface area contributed by atoms with Crippen LogP contribution in [0.4, 0.5) is 0 Å². The topological polar surface area (TPSA) is 29.1 Å². The second kappa shape index (κ2) is 4.26. The van der Waals surface area contributed by atoms with E-state index >= 15 is 0 Å². The second-order valence-electron chi connectivity index (χ2n) is 2.63. The molecule has 1 heterocycles. The third-order valence-electron chi connectivity index (χ3n) is 1.47. The van der Waals surface area contributed by atoms with E-state index in [1.807, 2.05) is 23.5 Å². The maximum atomic E-state index is 10.7. The van der Waals surface area contributed by atoms with Gasteiger partial charge in [0.2, 0.25) is 5.91 Å². The lowest BCUT2D eigenvalue weighted by atomic mass is 10.4. The molecule has 0 saturated carbocycles. The summed E-state index contributed by atoms with van der Waals surface area (Å²) in [6.07, 6.45) is 0. The summed E-state index contributed by atoms with van der Waals surface area (Å²) in [4.78, 5) is 10.7. The Kier molecular flexibility index (Phi) is 3.59. The second-order valence-corrected chi connectivity index (χ2v) is 5.68. The van der Waals surface area contributed by atoms with Crippen LogP contribution in [0.15, 0.2) is 0 Å². The standard InChI is InChI=1S/C7H13NOS2/c1-5(9)8-7-3-10-6(2)11-4-7/h6-7H,3-4H2,1-2H3,(H,8,9). The molecule has 1 aliphatic rings. The molecule has 0 atom stereocenters. The zero-order valence-electron chi connectivity index (χ0n) is 6.79. The minimum Gasteiger partial charge on any atom is -0.352 e. The molecule has 1 N–H and O–H groups in total. The molecule has 0 aromatic carbocycles. The van der Waals surface area contributed by atoms with Gasteiger partial charge in [-0.25, -0.2) is 0 Å². The SMILES string of the molecule is CC(=O)NC1CSC(C)SC1. The molecule has 0 unspecified atom stereocenters. The van der Waals surface area contributed by atoms with Gasteiger partial charge in [-0.2, -0.15) is 0 Å². The normalized spacial score (nSPS) is 31.5. The first kappa shape index (κ1) is 9.26. The van der Waals surface area contributed by atoms with Crippen molar-refractivity contribution in [3.05, 3.63) is 0 Å². The summed E-state index contributed by atoms with van der Waals surface area (Å²) < 4.78 is 0.694. The van der Waals surface area contributed by atoms with Crippen LogP contribution in [-0.2, 0) is 4.79 Å². The lowest BCUT2D eigenvalue weighted by Gasteiger charge is -2.25. The third-order valence-corrected chi connectivity index (χ3v) is 4.42. The van der Waals surface area contributed by atoms with Crippen molar-refractivity contribution in [3.8, 4) is 0 Å². The molecule has 64 valence electrons. The van der Waals surface area contributed by atoms with Crippen LogP contribution < -0.4 is 5.32 Å². The van der Waals surface area contributed by atoms with Crippen molar-refractivity contribution < 1.29 is 4.79 Å². The van der Waals surface area contributed by atoms with Gasteiger partial charge in [0, 0.05) is 29.1 Å². The number of hydrogen-bond donors (Lipinski definition) is 1. The number of nitrogens with one attached hydrogen (secondary N) is 1. The first-order valence-corrected chi connectivity index (χ1v) is 5.78. The van der Waals surface area contributed by atoms with Gasteiger partial charge in [0.05, 0.1) is 0 Å². The Balaban J connectivity index is 2.22. The molecule has 1 rings (SSSR count). The third kappa shape index (κ3) is 3.38. The van der Waals surface area contributed by atoms with Gasteiger partial charge in [-0.3, -0.25) is 4.79 Å². The molecular weight excluding hydrogens is 178 g/mol. The molecule has 1 fully saturated rings. The van der Waals surface area contributed by atoms with Crippen LogP contribution in [0.2, 0.25) is 0 Å². The molecule has 0 bridgehead atoms. The van der Waals surface area contributed by atoms with Crippen molar-refractivity contribution in [1.29, 1.82) is 0 Å². The number of amides is 1. The lowest BCUT2D eigenvalue weighted by molar-refractivity contribution is -0.119. The van der Waals surface area contributed by atoms with Crippen LogP contribution in [0.5, 0.6) is 0 Å². The zero-order chi connectivity index (χ0) is 8.27. The highest BCUT2D eigenvalue weighted by atomic mass is 32.2. The molecule has 1 aliphatic heterocycles. The van der Waals surface area contributed by atoms with Crippen molar-refractivity contribution in [3.63, 3.8) is 0 Å². The Bertz CT molecular complexity index is 143. The summed E-state index contributed by atoms with van der Waals surface area (Å²) in [5.74, 6) is 2.22. The summed E-state index contributed by atoms with van der Waals surface area (Å²) in [7, 11) is 0. The van der Waals surface area contributed by atoms with Crippen molar-refractivity contribution in [1.82, 2.24) is 5.32 Å². The van der Waals surface area contributed by atoms with Crippen LogP contribution in [0, 0.1) is 0 Å². The first-order valence-electron chi connectivity index (χ1n) is 3.69. The quantitative estimate of drug-likeness (QED) is 0.678. The van der Waals surface area contributed by atoms with Crippen LogP contribution in [0.25, 0.3) is 0 Å². The van der Waals surface area contributed by atoms with E-state index in [2.05, 4.69) is 12.2 Å². The molecular formula is C7H13NOS2. The van der Waals surface area contributed by atoms with Gasteiger partial charge in [0.1, 0.15) is 0 Å². The number of rotatable bonds is 1. The van der Waals surface area contributed by atoms with Crippen molar-refractivity contribution in [2.24, 2.45) is 0 Å². The highest BCUT2D eigenvalue weighted by Gasteiger charge is 2.18. The Labute approximate surface area is 75.9 Å². The average Bonchev–Trinajstić information content (AvgIpc) is 1.93. The average molecular weight is 191 g/mol. The van der Waals surface area contributed by atoms with Gasteiger partial charge in [-0.15, -0.1) is 23.5 Å². The fraction of sp³-hybridized carbons (Fsp3) is 0.857. The van der Waals surface area contributed by atoms with Crippen molar-refractivity contribution in [2.75, 3.05) is 11.5 Å². The van der Waals surface area contributed by atoms with Gasteiger partial charge in [0.15, 0.2) is 0 Å². The highest BCUT2D eigenvalue weighted by Crippen LogP contribution is 2.29. The van der Waals surface area contributed by atoms with E-state index in [4.69, 9.17) is 0 Å². The summed E-state index contributed by atoms with van der Waals surface area (Å²) in [6.45, 7) is 3.78. The number of carbonyl (C=O) groups excluding carboxylic acids is 1. The molecule has 0 aliphatic carbocycles. The van der Waals surface area contributed by atoms with Crippen LogP contribution in [0.1, 0.15) is 13.8 Å². The minimum absolute atomic E-state index is 0.0887. The highest BCUT2D eigenvalue weighted by molar-refractivity contribution is 8.17. The maximum absolute atomic E-state index is 10.7. The van der Waals surface area contributed by atoms with Gasteiger partial charge in [0.25, 0.3) is 0 Å². The van der Waals surface area contributed by atoms with E-state index in [1.165, 1.54) is 0 Å². The van der Waals surface area contributed by atoms with Gasteiger partial charge in [-0.05, 0) is 6.92 Å². The Morgan fingerprint density at radius 2 is 2.00 bits per heavy atom. The largest absolute Gasteiger partial charge is 0.352 e. The van der Waals surface area contributed by atoms with Crippen molar-refractivity contribution in [2.45, 2.75) is 24.5 Å². The predicted molar refractivity (Wildman–Crippen MR) is 52.0 cm³/mol. The van der Waals surface area contributed by atoms with Crippen LogP contribution in [0.3, 0.4) is 0 Å². The Morgan fingerprint density at radius 3 is 2.45 bits per heavy atom. The van der Waals surface area contributed by atoms with E-state index in [0.717, 1.165) is 11.5 Å². The fourth-order valence-corrected chi connectivity index (χ4v) is 3.38. The number of carbonyl (C=O) groups is 1. The van der Waals surface area contributed by atoms with E-state index in [9.17, 15) is 4.79 Å². The predicted octanol–water partition coefficient (Wildman–Crippen LogP) is 1.32. The van der Waals surface area contributed by atoms with Gasteiger partial charge >= 0.3 is 0 Å². The lowest BCUT2D eigenvalue weighted by Crippen LogP contribution is -2.39. The summed E-state index contributed by atoms with van der Waals surface area (Å²) in [6, 6.07) is 0.388. The van der Waals surface area contributed by atoms with Crippen molar-refractivity contribution >= 4 is 29.4 Å². The zero-order valence-corrected chi connectivity index (χ0v) is 8.43. The monoisotopic (exact) mass is 191 g/mol. The van der Waals surface area contributed by atoms with E-state index in [0.29, 0.717) is 10.6 Å². The minimum atomic E-state index is 0.0887. The first-order chi connectivity index (χ1) is 5.18. The molecule has 0 spiro atoms. The molecule has 2 nitrogen and oxygen atoms in total. The summed E-state index contributed by atoms with van der Waals surface area (Å²) >= 11 is 3.83. The summed E-state index contributed by atoms with van der Waals surface area (Å²) in [5.41, 5.74) is 0. The molecule has 11 heavy (non-hydrogen) atoms. The van der Waals surface area contributed by atoms with Gasteiger partial charge in [-0.1, -0.05) is 0 Å². The molecule has 0 radical (unpaired) electrons. The van der Waals surface area contributed by atoms with E-state index < -0.39 is 0 Å². The molecule has 1 saturated heterocycles. The van der Waals surface area contributed by atoms with Gasteiger partial charge < -0.3 is 5.32 Å². The molecule has 4 heteroatoms.